The monoisotopic (exact) mass is 380 g/mol. The highest BCUT2D eigenvalue weighted by molar-refractivity contribution is 6.03. The molecule has 27 heavy (non-hydrogen) atoms. The molecule has 0 aliphatic heterocycles. The molecule has 6 heteroatoms. The van der Waals surface area contributed by atoms with E-state index in [4.69, 9.17) is 19.3 Å². The maximum atomic E-state index is 12.3. The Kier molecular flexibility index (Phi) is 10.7. The number of aliphatic hydroxyl groups is 1. The number of carbonyl (C=O) groups excluding carboxylic acids is 2. The zero-order valence-corrected chi connectivity index (χ0v) is 16.7. The van der Waals surface area contributed by atoms with Gasteiger partial charge in [-0.25, -0.2) is 9.59 Å². The van der Waals surface area contributed by atoms with E-state index in [0.717, 1.165) is 25.7 Å². The molecular formula is C21H32O6. The quantitative estimate of drug-likeness (QED) is 0.441. The van der Waals surface area contributed by atoms with E-state index >= 15 is 0 Å². The van der Waals surface area contributed by atoms with Crippen molar-refractivity contribution >= 4 is 11.9 Å². The molecule has 0 heterocycles. The van der Waals surface area contributed by atoms with E-state index in [1.54, 1.807) is 24.3 Å². The van der Waals surface area contributed by atoms with Crippen LogP contribution < -0.4 is 0 Å². The van der Waals surface area contributed by atoms with Crippen molar-refractivity contribution in [3.63, 3.8) is 0 Å². The first-order valence-electron chi connectivity index (χ1n) is 9.47. The summed E-state index contributed by atoms with van der Waals surface area (Å²) in [4.78, 5) is 24.5. The fourth-order valence-electron chi connectivity index (χ4n) is 2.30. The minimum Gasteiger partial charge on any atom is -0.462 e. The maximum Gasteiger partial charge on any atom is 0.339 e. The van der Waals surface area contributed by atoms with Gasteiger partial charge in [0.15, 0.2) is 0 Å². The van der Waals surface area contributed by atoms with Gasteiger partial charge in [-0.05, 0) is 36.8 Å². The fraction of sp³-hybridized carbons (Fsp3) is 0.619. The number of ether oxygens (including phenoxy) is 3. The van der Waals surface area contributed by atoms with Gasteiger partial charge in [0.2, 0.25) is 0 Å². The predicted octanol–water partition coefficient (Wildman–Crippen LogP) is 3.62. The lowest BCUT2D eigenvalue weighted by Crippen LogP contribution is -2.19. The van der Waals surface area contributed by atoms with Crippen LogP contribution in [0.4, 0.5) is 0 Å². The van der Waals surface area contributed by atoms with Crippen molar-refractivity contribution in [2.75, 3.05) is 33.0 Å². The van der Waals surface area contributed by atoms with E-state index in [-0.39, 0.29) is 36.4 Å². The Balaban J connectivity index is 2.45. The molecule has 0 unspecified atom stereocenters. The van der Waals surface area contributed by atoms with E-state index in [0.29, 0.717) is 13.2 Å². The molecular weight excluding hydrogens is 348 g/mol. The van der Waals surface area contributed by atoms with E-state index in [1.807, 2.05) is 0 Å². The maximum absolute atomic E-state index is 12.3. The van der Waals surface area contributed by atoms with Crippen molar-refractivity contribution in [2.24, 2.45) is 5.41 Å². The second-order valence-electron chi connectivity index (χ2n) is 7.57. The second kappa shape index (κ2) is 12.5. The molecule has 0 saturated carbocycles. The predicted molar refractivity (Wildman–Crippen MR) is 103 cm³/mol. The Hall–Kier alpha value is -1.92. The highest BCUT2D eigenvalue weighted by Crippen LogP contribution is 2.14. The molecule has 1 aromatic rings. The Labute approximate surface area is 161 Å². The molecule has 0 spiro atoms. The highest BCUT2D eigenvalue weighted by Gasteiger charge is 2.19. The smallest absolute Gasteiger partial charge is 0.339 e. The molecule has 152 valence electrons. The Bertz CT molecular complexity index is 576. The molecule has 1 rings (SSSR count). The van der Waals surface area contributed by atoms with Crippen molar-refractivity contribution in [1.82, 2.24) is 0 Å². The Morgan fingerprint density at radius 3 is 1.96 bits per heavy atom. The van der Waals surface area contributed by atoms with E-state index in [9.17, 15) is 9.59 Å². The molecule has 0 saturated heterocycles. The molecule has 0 aliphatic rings. The lowest BCUT2D eigenvalue weighted by atomic mass is 9.99. The zero-order chi connectivity index (χ0) is 20.1. The molecule has 0 radical (unpaired) electrons. The summed E-state index contributed by atoms with van der Waals surface area (Å²) in [5.74, 6) is -1.10. The summed E-state index contributed by atoms with van der Waals surface area (Å²) >= 11 is 0. The third-order valence-electron chi connectivity index (χ3n) is 3.65. The van der Waals surface area contributed by atoms with Crippen molar-refractivity contribution < 1.29 is 28.9 Å². The number of esters is 2. The van der Waals surface area contributed by atoms with Crippen LogP contribution in [-0.2, 0) is 14.2 Å². The normalized spacial score (nSPS) is 11.3. The van der Waals surface area contributed by atoms with Crippen molar-refractivity contribution in [3.05, 3.63) is 35.4 Å². The van der Waals surface area contributed by atoms with Gasteiger partial charge in [-0.1, -0.05) is 39.3 Å². The van der Waals surface area contributed by atoms with Gasteiger partial charge >= 0.3 is 11.9 Å². The molecule has 0 bridgehead atoms. The third kappa shape index (κ3) is 10.1. The molecule has 0 fully saturated rings. The summed E-state index contributed by atoms with van der Waals surface area (Å²) in [5.41, 5.74) is 0.449. The van der Waals surface area contributed by atoms with E-state index < -0.39 is 11.9 Å². The zero-order valence-electron chi connectivity index (χ0n) is 16.7. The van der Waals surface area contributed by atoms with Crippen LogP contribution in [0.3, 0.4) is 0 Å². The number of hydrogen-bond acceptors (Lipinski definition) is 6. The topological polar surface area (TPSA) is 82.1 Å². The van der Waals surface area contributed by atoms with E-state index in [1.165, 1.54) is 0 Å². The van der Waals surface area contributed by atoms with Crippen LogP contribution in [0, 0.1) is 5.41 Å². The molecule has 0 aliphatic carbocycles. The summed E-state index contributed by atoms with van der Waals surface area (Å²) in [6.07, 6.45) is 3.26. The van der Waals surface area contributed by atoms with Crippen LogP contribution in [0.15, 0.2) is 24.3 Å². The van der Waals surface area contributed by atoms with Crippen LogP contribution >= 0.6 is 0 Å². The summed E-state index contributed by atoms with van der Waals surface area (Å²) in [5, 5.41) is 8.73. The lowest BCUT2D eigenvalue weighted by molar-refractivity contribution is 0.0175. The van der Waals surface area contributed by atoms with Gasteiger partial charge in [0.1, 0.15) is 6.61 Å². The number of unbranched alkanes of at least 4 members (excludes halogenated alkanes) is 3. The standard InChI is InChI=1S/C21H32O6/c1-21(2,3)16-25-14-15-27-20(24)18-11-7-6-10-17(18)19(23)26-13-9-5-4-8-12-22/h6-7,10-11,22H,4-5,8-9,12-16H2,1-3H3. The first-order chi connectivity index (χ1) is 12.8. The second-order valence-corrected chi connectivity index (χ2v) is 7.57. The van der Waals surface area contributed by atoms with E-state index in [2.05, 4.69) is 20.8 Å². The average Bonchev–Trinajstić information content (AvgIpc) is 2.63. The van der Waals surface area contributed by atoms with Gasteiger partial charge < -0.3 is 19.3 Å². The Morgan fingerprint density at radius 1 is 0.852 bits per heavy atom. The minimum absolute atomic E-state index is 0.0540. The molecule has 6 nitrogen and oxygen atoms in total. The first kappa shape index (κ1) is 23.1. The molecule has 0 aromatic heterocycles. The fourth-order valence-corrected chi connectivity index (χ4v) is 2.30. The SMILES string of the molecule is CC(C)(C)COCCOC(=O)c1ccccc1C(=O)OCCCCCCO. The largest absolute Gasteiger partial charge is 0.462 e. The lowest BCUT2D eigenvalue weighted by Gasteiger charge is -2.17. The summed E-state index contributed by atoms with van der Waals surface area (Å²) in [6.45, 7) is 7.66. The number of benzene rings is 1. The van der Waals surface area contributed by atoms with Gasteiger partial charge in [0.05, 0.1) is 30.9 Å². The molecule has 1 N–H and O–H groups in total. The van der Waals surface area contributed by atoms with Crippen molar-refractivity contribution in [1.29, 1.82) is 0 Å². The molecule has 0 amide bonds. The summed E-state index contributed by atoms with van der Waals surface area (Å²) in [7, 11) is 0. The van der Waals surface area contributed by atoms with Crippen molar-refractivity contribution in [2.45, 2.75) is 46.5 Å². The van der Waals surface area contributed by atoms with Gasteiger partial charge in [0, 0.05) is 6.61 Å². The van der Waals surface area contributed by atoms with Crippen LogP contribution in [-0.4, -0.2) is 50.1 Å². The van der Waals surface area contributed by atoms with Crippen molar-refractivity contribution in [3.8, 4) is 0 Å². The number of carbonyl (C=O) groups is 2. The van der Waals surface area contributed by atoms with Gasteiger partial charge in [0.25, 0.3) is 0 Å². The highest BCUT2D eigenvalue weighted by atomic mass is 16.6. The average molecular weight is 380 g/mol. The van der Waals surface area contributed by atoms with Crippen LogP contribution in [0.25, 0.3) is 0 Å². The van der Waals surface area contributed by atoms with Gasteiger partial charge in [-0.3, -0.25) is 0 Å². The van der Waals surface area contributed by atoms with Gasteiger partial charge in [-0.2, -0.15) is 0 Å². The van der Waals surface area contributed by atoms with Crippen LogP contribution in [0.2, 0.25) is 0 Å². The first-order valence-corrected chi connectivity index (χ1v) is 9.47. The molecule has 0 atom stereocenters. The van der Waals surface area contributed by atoms with Crippen LogP contribution in [0.1, 0.15) is 67.2 Å². The Morgan fingerprint density at radius 2 is 1.41 bits per heavy atom. The summed E-state index contributed by atoms with van der Waals surface area (Å²) < 4.78 is 15.9. The van der Waals surface area contributed by atoms with Gasteiger partial charge in [-0.15, -0.1) is 0 Å². The third-order valence-corrected chi connectivity index (χ3v) is 3.65. The number of aliphatic hydroxyl groups excluding tert-OH is 1. The summed E-state index contributed by atoms with van der Waals surface area (Å²) in [6, 6.07) is 6.47. The van der Waals surface area contributed by atoms with Crippen LogP contribution in [0.5, 0.6) is 0 Å². The number of hydrogen-bond donors (Lipinski definition) is 1. The molecule has 1 aromatic carbocycles. The minimum atomic E-state index is -0.565. The number of rotatable bonds is 12.